The van der Waals surface area contributed by atoms with Crippen molar-refractivity contribution in [3.8, 4) is 0 Å². The van der Waals surface area contributed by atoms with Crippen molar-refractivity contribution in [1.82, 2.24) is 5.32 Å². The maximum absolute atomic E-state index is 5.08. The maximum Gasteiger partial charge on any atom is 0.0562 e. The molecule has 2 nitrogen and oxygen atoms in total. The van der Waals surface area contributed by atoms with E-state index >= 15 is 0 Å². The van der Waals surface area contributed by atoms with Gasteiger partial charge in [0.15, 0.2) is 0 Å². The fraction of sp³-hybridized carbons (Fsp3) is 0.778. The van der Waals surface area contributed by atoms with Crippen LogP contribution in [0.5, 0.6) is 0 Å². The molecule has 0 aromatic rings. The molecule has 1 unspecified atom stereocenters. The molecule has 66 valence electrons. The van der Waals surface area contributed by atoms with E-state index in [1.165, 1.54) is 0 Å². The highest BCUT2D eigenvalue weighted by molar-refractivity contribution is 4.92. The SMILES string of the molecule is C=CC(C)(CNCC)COC. The molecule has 0 aliphatic carbocycles. The van der Waals surface area contributed by atoms with Crippen LogP contribution in [-0.2, 0) is 4.74 Å². The third kappa shape index (κ3) is 4.17. The van der Waals surface area contributed by atoms with E-state index in [4.69, 9.17) is 4.74 Å². The van der Waals surface area contributed by atoms with Gasteiger partial charge in [0.1, 0.15) is 0 Å². The zero-order valence-electron chi connectivity index (χ0n) is 7.81. The molecule has 0 fully saturated rings. The molecular formula is C9H19NO. The lowest BCUT2D eigenvalue weighted by molar-refractivity contribution is 0.122. The Kier molecular flexibility index (Phi) is 5.16. The number of rotatable bonds is 6. The summed E-state index contributed by atoms with van der Waals surface area (Å²) in [5.74, 6) is 0. The maximum atomic E-state index is 5.08. The minimum Gasteiger partial charge on any atom is -0.384 e. The molecule has 0 heterocycles. The van der Waals surface area contributed by atoms with Gasteiger partial charge in [-0.25, -0.2) is 0 Å². The standard InChI is InChI=1S/C9H19NO/c1-5-9(3,8-11-4)7-10-6-2/h5,10H,1,6-8H2,2-4H3. The van der Waals surface area contributed by atoms with Crippen molar-refractivity contribution >= 4 is 0 Å². The van der Waals surface area contributed by atoms with Crippen molar-refractivity contribution in [2.24, 2.45) is 5.41 Å². The molecule has 0 saturated heterocycles. The van der Waals surface area contributed by atoms with Crippen LogP contribution in [0.25, 0.3) is 0 Å². The van der Waals surface area contributed by atoms with Gasteiger partial charge in [-0.3, -0.25) is 0 Å². The second kappa shape index (κ2) is 5.33. The van der Waals surface area contributed by atoms with Gasteiger partial charge in [-0.15, -0.1) is 6.58 Å². The Morgan fingerprint density at radius 2 is 2.27 bits per heavy atom. The highest BCUT2D eigenvalue weighted by atomic mass is 16.5. The van der Waals surface area contributed by atoms with Crippen molar-refractivity contribution in [1.29, 1.82) is 0 Å². The van der Waals surface area contributed by atoms with Gasteiger partial charge in [-0.2, -0.15) is 0 Å². The van der Waals surface area contributed by atoms with Crippen molar-refractivity contribution in [3.05, 3.63) is 12.7 Å². The third-order valence-corrected chi connectivity index (χ3v) is 1.75. The Balaban J connectivity index is 3.77. The largest absolute Gasteiger partial charge is 0.384 e. The van der Waals surface area contributed by atoms with Gasteiger partial charge in [-0.1, -0.05) is 19.9 Å². The molecule has 0 aliphatic rings. The molecule has 0 spiro atoms. The second-order valence-electron chi connectivity index (χ2n) is 3.07. The quantitative estimate of drug-likeness (QED) is 0.589. The summed E-state index contributed by atoms with van der Waals surface area (Å²) in [6.07, 6.45) is 1.94. The minimum atomic E-state index is 0.0742. The molecule has 11 heavy (non-hydrogen) atoms. The van der Waals surface area contributed by atoms with Crippen molar-refractivity contribution < 1.29 is 4.74 Å². The normalized spacial score (nSPS) is 15.9. The molecule has 2 heteroatoms. The summed E-state index contributed by atoms with van der Waals surface area (Å²) in [6.45, 7) is 10.7. The summed E-state index contributed by atoms with van der Waals surface area (Å²) >= 11 is 0. The first-order valence-corrected chi connectivity index (χ1v) is 4.02. The van der Waals surface area contributed by atoms with Crippen LogP contribution in [-0.4, -0.2) is 26.8 Å². The highest BCUT2D eigenvalue weighted by Gasteiger charge is 2.18. The van der Waals surface area contributed by atoms with Gasteiger partial charge in [0.05, 0.1) is 6.61 Å². The van der Waals surface area contributed by atoms with E-state index in [1.807, 2.05) is 6.08 Å². The molecule has 0 amide bonds. The topological polar surface area (TPSA) is 21.3 Å². The van der Waals surface area contributed by atoms with Crippen LogP contribution in [0, 0.1) is 5.41 Å². The van der Waals surface area contributed by atoms with Gasteiger partial charge < -0.3 is 10.1 Å². The average molecular weight is 157 g/mol. The Labute approximate surface area is 69.6 Å². The average Bonchev–Trinajstić information content (AvgIpc) is 2.02. The number of hydrogen-bond acceptors (Lipinski definition) is 2. The number of nitrogens with one attached hydrogen (secondary N) is 1. The molecular weight excluding hydrogens is 138 g/mol. The minimum absolute atomic E-state index is 0.0742. The molecule has 0 aromatic heterocycles. The summed E-state index contributed by atoms with van der Waals surface area (Å²) in [5.41, 5.74) is 0.0742. The zero-order chi connectivity index (χ0) is 8.74. The number of hydrogen-bond donors (Lipinski definition) is 1. The number of methoxy groups -OCH3 is 1. The molecule has 0 aromatic carbocycles. The summed E-state index contributed by atoms with van der Waals surface area (Å²) in [7, 11) is 1.72. The Hall–Kier alpha value is -0.340. The van der Waals surface area contributed by atoms with E-state index in [0.717, 1.165) is 19.7 Å². The van der Waals surface area contributed by atoms with E-state index < -0.39 is 0 Å². The lowest BCUT2D eigenvalue weighted by Gasteiger charge is -2.24. The van der Waals surface area contributed by atoms with Crippen LogP contribution in [0.2, 0.25) is 0 Å². The van der Waals surface area contributed by atoms with Crippen molar-refractivity contribution in [2.45, 2.75) is 13.8 Å². The second-order valence-corrected chi connectivity index (χ2v) is 3.07. The van der Waals surface area contributed by atoms with Gasteiger partial charge in [0.2, 0.25) is 0 Å². The molecule has 1 N–H and O–H groups in total. The van der Waals surface area contributed by atoms with Crippen LogP contribution in [0.4, 0.5) is 0 Å². The Morgan fingerprint density at radius 1 is 1.64 bits per heavy atom. The Morgan fingerprint density at radius 3 is 2.64 bits per heavy atom. The van der Waals surface area contributed by atoms with Gasteiger partial charge in [-0.05, 0) is 6.54 Å². The van der Waals surface area contributed by atoms with Gasteiger partial charge >= 0.3 is 0 Å². The van der Waals surface area contributed by atoms with Crippen LogP contribution >= 0.6 is 0 Å². The summed E-state index contributed by atoms with van der Waals surface area (Å²) in [6, 6.07) is 0. The molecule has 0 saturated carbocycles. The van der Waals surface area contributed by atoms with Crippen LogP contribution in [0.3, 0.4) is 0 Å². The predicted molar refractivity (Wildman–Crippen MR) is 48.7 cm³/mol. The Bertz CT molecular complexity index is 114. The van der Waals surface area contributed by atoms with Gasteiger partial charge in [0, 0.05) is 19.1 Å². The summed E-state index contributed by atoms with van der Waals surface area (Å²) in [5, 5.41) is 3.27. The summed E-state index contributed by atoms with van der Waals surface area (Å²) < 4.78 is 5.08. The molecule has 0 radical (unpaired) electrons. The molecule has 0 bridgehead atoms. The molecule has 0 aliphatic heterocycles. The van der Waals surface area contributed by atoms with Gasteiger partial charge in [0.25, 0.3) is 0 Å². The lowest BCUT2D eigenvalue weighted by Crippen LogP contribution is -2.33. The third-order valence-electron chi connectivity index (χ3n) is 1.75. The first kappa shape index (κ1) is 10.7. The van der Waals surface area contributed by atoms with E-state index in [-0.39, 0.29) is 5.41 Å². The smallest absolute Gasteiger partial charge is 0.0562 e. The van der Waals surface area contributed by atoms with Crippen LogP contribution in [0.15, 0.2) is 12.7 Å². The van der Waals surface area contributed by atoms with E-state index in [9.17, 15) is 0 Å². The number of ether oxygens (including phenoxy) is 1. The fourth-order valence-electron chi connectivity index (χ4n) is 0.922. The first-order valence-electron chi connectivity index (χ1n) is 4.02. The molecule has 1 atom stereocenters. The van der Waals surface area contributed by atoms with Crippen molar-refractivity contribution in [2.75, 3.05) is 26.8 Å². The predicted octanol–water partition coefficient (Wildman–Crippen LogP) is 1.43. The first-order chi connectivity index (χ1) is 5.18. The molecule has 0 rings (SSSR count). The lowest BCUT2D eigenvalue weighted by atomic mass is 9.92. The summed E-state index contributed by atoms with van der Waals surface area (Å²) in [4.78, 5) is 0. The zero-order valence-corrected chi connectivity index (χ0v) is 7.81. The van der Waals surface area contributed by atoms with E-state index in [1.54, 1.807) is 7.11 Å². The van der Waals surface area contributed by atoms with Crippen LogP contribution in [0.1, 0.15) is 13.8 Å². The van der Waals surface area contributed by atoms with Crippen LogP contribution < -0.4 is 5.32 Å². The van der Waals surface area contributed by atoms with Crippen molar-refractivity contribution in [3.63, 3.8) is 0 Å². The monoisotopic (exact) mass is 157 g/mol. The van der Waals surface area contributed by atoms with E-state index in [2.05, 4.69) is 25.7 Å². The highest BCUT2D eigenvalue weighted by Crippen LogP contribution is 2.15. The fourth-order valence-corrected chi connectivity index (χ4v) is 0.922. The van der Waals surface area contributed by atoms with E-state index in [0.29, 0.717) is 0 Å².